The van der Waals surface area contributed by atoms with Crippen LogP contribution in [0.15, 0.2) is 24.3 Å². The Hall–Kier alpha value is -1.35. The van der Waals surface area contributed by atoms with E-state index in [1.165, 1.54) is 6.42 Å². The smallest absolute Gasteiger partial charge is 0.251 e. The molecule has 0 radical (unpaired) electrons. The number of aryl methyl sites for hydroxylation is 1. The van der Waals surface area contributed by atoms with Crippen molar-refractivity contribution in [2.45, 2.75) is 45.1 Å². The van der Waals surface area contributed by atoms with Gasteiger partial charge in [0.1, 0.15) is 0 Å². The number of aliphatic hydroxyl groups excluding tert-OH is 1. The largest absolute Gasteiger partial charge is 0.393 e. The molecule has 3 nitrogen and oxygen atoms in total. The summed E-state index contributed by atoms with van der Waals surface area (Å²) in [7, 11) is 0. The molecule has 1 fully saturated rings. The van der Waals surface area contributed by atoms with E-state index in [4.69, 9.17) is 0 Å². The van der Waals surface area contributed by atoms with Crippen LogP contribution in [0.4, 0.5) is 0 Å². The van der Waals surface area contributed by atoms with Crippen LogP contribution in [0.25, 0.3) is 0 Å². The molecule has 1 amide bonds. The van der Waals surface area contributed by atoms with Crippen LogP contribution >= 0.6 is 0 Å². The highest BCUT2D eigenvalue weighted by Crippen LogP contribution is 2.23. The lowest BCUT2D eigenvalue weighted by Gasteiger charge is -2.20. The molecule has 0 aliphatic heterocycles. The maximum Gasteiger partial charge on any atom is 0.251 e. The van der Waals surface area contributed by atoms with Crippen LogP contribution in [0.1, 0.15) is 48.0 Å². The lowest BCUT2D eigenvalue weighted by molar-refractivity contribution is 0.0853. The van der Waals surface area contributed by atoms with Gasteiger partial charge in [-0.1, -0.05) is 37.5 Å². The van der Waals surface area contributed by atoms with Crippen molar-refractivity contribution in [2.24, 2.45) is 5.92 Å². The summed E-state index contributed by atoms with van der Waals surface area (Å²) < 4.78 is 0. The van der Waals surface area contributed by atoms with Crippen LogP contribution in [-0.2, 0) is 0 Å². The highest BCUT2D eigenvalue weighted by Gasteiger charge is 2.22. The first-order chi connectivity index (χ1) is 9.18. The summed E-state index contributed by atoms with van der Waals surface area (Å²) in [6.07, 6.45) is 5.06. The Morgan fingerprint density at radius 3 is 2.79 bits per heavy atom. The number of benzene rings is 1. The van der Waals surface area contributed by atoms with E-state index in [0.717, 1.165) is 36.8 Å². The van der Waals surface area contributed by atoms with Crippen molar-refractivity contribution in [3.05, 3.63) is 35.4 Å². The predicted octanol–water partition coefficient (Wildman–Crippen LogP) is 2.67. The first-order valence-corrected chi connectivity index (χ1v) is 7.20. The summed E-state index contributed by atoms with van der Waals surface area (Å²) >= 11 is 0. The summed E-state index contributed by atoms with van der Waals surface area (Å²) in [6.45, 7) is 2.52. The van der Waals surface area contributed by atoms with Gasteiger partial charge in [-0.25, -0.2) is 0 Å². The third kappa shape index (κ3) is 3.80. The Morgan fingerprint density at radius 2 is 2.00 bits per heavy atom. The highest BCUT2D eigenvalue weighted by molar-refractivity contribution is 5.95. The van der Waals surface area contributed by atoms with Gasteiger partial charge in [0.15, 0.2) is 0 Å². The van der Waals surface area contributed by atoms with E-state index in [1.54, 1.807) is 0 Å². The standard InChI is InChI=1S/C16H23NO2/c1-12-7-5-6-9-14(12)16(19)17-11-13-8-3-2-4-10-15(13)18/h5-7,9,13,15,18H,2-4,8,10-11H2,1H3,(H,17,19)/t13-,15-/m1/s1. The zero-order chi connectivity index (χ0) is 13.7. The number of nitrogens with one attached hydrogen (secondary N) is 1. The second-order valence-electron chi connectivity index (χ2n) is 5.49. The van der Waals surface area contributed by atoms with Gasteiger partial charge < -0.3 is 10.4 Å². The maximum atomic E-state index is 12.1. The van der Waals surface area contributed by atoms with Crippen LogP contribution < -0.4 is 5.32 Å². The number of hydrogen-bond donors (Lipinski definition) is 2. The van der Waals surface area contributed by atoms with Crippen molar-refractivity contribution in [3.63, 3.8) is 0 Å². The normalized spacial score (nSPS) is 23.7. The zero-order valence-electron chi connectivity index (χ0n) is 11.6. The lowest BCUT2D eigenvalue weighted by atomic mass is 9.97. The number of carbonyl (C=O) groups is 1. The van der Waals surface area contributed by atoms with Crippen LogP contribution in [0, 0.1) is 12.8 Å². The van der Waals surface area contributed by atoms with E-state index in [-0.39, 0.29) is 17.9 Å². The minimum absolute atomic E-state index is 0.0328. The molecule has 0 heterocycles. The summed E-state index contributed by atoms with van der Waals surface area (Å²) in [4.78, 5) is 12.1. The third-order valence-electron chi connectivity index (χ3n) is 4.03. The molecule has 2 rings (SSSR count). The fourth-order valence-corrected chi connectivity index (χ4v) is 2.75. The molecule has 0 unspecified atom stereocenters. The number of amides is 1. The molecule has 2 N–H and O–H groups in total. The molecule has 1 aromatic carbocycles. The second kappa shape index (κ2) is 6.71. The van der Waals surface area contributed by atoms with Crippen LogP contribution in [0.2, 0.25) is 0 Å². The minimum Gasteiger partial charge on any atom is -0.393 e. The maximum absolute atomic E-state index is 12.1. The van der Waals surface area contributed by atoms with Crippen molar-refractivity contribution in [1.29, 1.82) is 0 Å². The van der Waals surface area contributed by atoms with Gasteiger partial charge in [-0.2, -0.15) is 0 Å². The Kier molecular flexibility index (Phi) is 4.97. The molecule has 1 aliphatic carbocycles. The van der Waals surface area contributed by atoms with Crippen molar-refractivity contribution < 1.29 is 9.90 Å². The van der Waals surface area contributed by atoms with E-state index in [2.05, 4.69) is 5.32 Å². The van der Waals surface area contributed by atoms with E-state index in [0.29, 0.717) is 6.54 Å². The summed E-state index contributed by atoms with van der Waals surface area (Å²) in [5.74, 6) is 0.171. The molecule has 1 saturated carbocycles. The molecule has 104 valence electrons. The second-order valence-corrected chi connectivity index (χ2v) is 5.49. The van der Waals surface area contributed by atoms with E-state index in [9.17, 15) is 9.90 Å². The quantitative estimate of drug-likeness (QED) is 0.822. The first-order valence-electron chi connectivity index (χ1n) is 7.20. The Balaban J connectivity index is 1.91. The summed E-state index contributed by atoms with van der Waals surface area (Å²) in [5.41, 5.74) is 1.71. The topological polar surface area (TPSA) is 49.3 Å². The summed E-state index contributed by atoms with van der Waals surface area (Å²) in [6, 6.07) is 7.59. The van der Waals surface area contributed by atoms with E-state index in [1.807, 2.05) is 31.2 Å². The third-order valence-corrected chi connectivity index (χ3v) is 4.03. The van der Waals surface area contributed by atoms with Gasteiger partial charge in [0, 0.05) is 18.0 Å². The summed E-state index contributed by atoms with van der Waals surface area (Å²) in [5, 5.41) is 13.0. The molecule has 0 saturated heterocycles. The molecule has 1 aliphatic rings. The molecule has 0 bridgehead atoms. The number of carbonyl (C=O) groups excluding carboxylic acids is 1. The molecule has 19 heavy (non-hydrogen) atoms. The average Bonchev–Trinajstić information content (AvgIpc) is 2.61. The molecule has 0 spiro atoms. The highest BCUT2D eigenvalue weighted by atomic mass is 16.3. The van der Waals surface area contributed by atoms with Gasteiger partial charge in [0.25, 0.3) is 5.91 Å². The zero-order valence-corrected chi connectivity index (χ0v) is 11.6. The molecule has 3 heteroatoms. The van der Waals surface area contributed by atoms with Gasteiger partial charge in [-0.3, -0.25) is 4.79 Å². The first kappa shape index (κ1) is 14.1. The lowest BCUT2D eigenvalue weighted by Crippen LogP contribution is -2.34. The van der Waals surface area contributed by atoms with Crippen molar-refractivity contribution in [3.8, 4) is 0 Å². The number of aliphatic hydroxyl groups is 1. The van der Waals surface area contributed by atoms with E-state index >= 15 is 0 Å². The van der Waals surface area contributed by atoms with Gasteiger partial charge >= 0.3 is 0 Å². The minimum atomic E-state index is -0.264. The Bertz CT molecular complexity index is 431. The van der Waals surface area contributed by atoms with Crippen molar-refractivity contribution in [2.75, 3.05) is 6.54 Å². The number of hydrogen-bond acceptors (Lipinski definition) is 2. The van der Waals surface area contributed by atoms with Gasteiger partial charge in [0.2, 0.25) is 0 Å². The fourth-order valence-electron chi connectivity index (χ4n) is 2.75. The molecule has 1 aromatic rings. The number of rotatable bonds is 3. The van der Waals surface area contributed by atoms with Gasteiger partial charge in [0.05, 0.1) is 6.10 Å². The Labute approximate surface area is 115 Å². The van der Waals surface area contributed by atoms with Crippen molar-refractivity contribution >= 4 is 5.91 Å². The van der Waals surface area contributed by atoms with Gasteiger partial charge in [-0.05, 0) is 31.4 Å². The molecule has 0 aromatic heterocycles. The van der Waals surface area contributed by atoms with E-state index < -0.39 is 0 Å². The average molecular weight is 261 g/mol. The molecular weight excluding hydrogens is 238 g/mol. The monoisotopic (exact) mass is 261 g/mol. The van der Waals surface area contributed by atoms with Crippen LogP contribution in [0.3, 0.4) is 0 Å². The molecule has 2 atom stereocenters. The SMILES string of the molecule is Cc1ccccc1C(=O)NC[C@H]1CCCCC[C@H]1O. The van der Waals surface area contributed by atoms with Crippen molar-refractivity contribution in [1.82, 2.24) is 5.32 Å². The Morgan fingerprint density at radius 1 is 1.26 bits per heavy atom. The van der Waals surface area contributed by atoms with Crippen LogP contribution in [0.5, 0.6) is 0 Å². The fraction of sp³-hybridized carbons (Fsp3) is 0.562. The van der Waals surface area contributed by atoms with Crippen LogP contribution in [-0.4, -0.2) is 23.7 Å². The molecular formula is C16H23NO2. The predicted molar refractivity (Wildman–Crippen MR) is 76.1 cm³/mol. The van der Waals surface area contributed by atoms with Gasteiger partial charge in [-0.15, -0.1) is 0 Å².